The maximum Gasteiger partial charge on any atom is 0.238 e. The zero-order chi connectivity index (χ0) is 17.8. The lowest BCUT2D eigenvalue weighted by Crippen LogP contribution is -2.23. The van der Waals surface area contributed by atoms with Gasteiger partial charge in [-0.3, -0.25) is 4.79 Å². The average molecular weight is 374 g/mol. The summed E-state index contributed by atoms with van der Waals surface area (Å²) < 4.78 is 1.43. The molecule has 0 fully saturated rings. The van der Waals surface area contributed by atoms with Crippen molar-refractivity contribution in [1.82, 2.24) is 14.6 Å². The highest BCUT2D eigenvalue weighted by Gasteiger charge is 2.19. The molecule has 0 aliphatic heterocycles. The quantitative estimate of drug-likeness (QED) is 0.528. The van der Waals surface area contributed by atoms with E-state index in [-0.39, 0.29) is 5.91 Å². The van der Waals surface area contributed by atoms with Gasteiger partial charge in [-0.05, 0) is 19.1 Å². The van der Waals surface area contributed by atoms with Crippen molar-refractivity contribution in [1.29, 1.82) is 0 Å². The topological polar surface area (TPSA) is 85.8 Å². The summed E-state index contributed by atoms with van der Waals surface area (Å²) in [4.78, 5) is 20.9. The molecule has 0 unspecified atom stereocenters. The van der Waals surface area contributed by atoms with Gasteiger partial charge in [-0.15, -0.1) is 0 Å². The number of rotatable bonds is 5. The minimum absolute atomic E-state index is 0.191. The van der Waals surface area contributed by atoms with Gasteiger partial charge in [-0.1, -0.05) is 53.7 Å². The third-order valence-corrected chi connectivity index (χ3v) is 4.70. The van der Waals surface area contributed by atoms with Crippen LogP contribution in [0, 0.1) is 0 Å². The van der Waals surface area contributed by atoms with Crippen LogP contribution >= 0.6 is 23.4 Å². The molecule has 8 heteroatoms. The van der Waals surface area contributed by atoms with Crippen molar-refractivity contribution in [2.45, 2.75) is 17.3 Å². The van der Waals surface area contributed by atoms with Crippen LogP contribution in [-0.4, -0.2) is 25.8 Å². The molecule has 1 aromatic carbocycles. The molecule has 25 heavy (non-hydrogen) atoms. The Bertz CT molecular complexity index is 867. The highest BCUT2D eigenvalue weighted by molar-refractivity contribution is 8.00. The number of aromatic nitrogens is 3. The number of halogens is 1. The van der Waals surface area contributed by atoms with Gasteiger partial charge in [-0.25, -0.2) is 14.6 Å². The number of hydrogen-bond acceptors (Lipinski definition) is 5. The molecule has 128 valence electrons. The van der Waals surface area contributed by atoms with Gasteiger partial charge in [0.15, 0.2) is 5.16 Å². The first kappa shape index (κ1) is 17.3. The molecule has 1 amide bonds. The molecule has 0 saturated heterocycles. The highest BCUT2D eigenvalue weighted by atomic mass is 35.5. The van der Waals surface area contributed by atoms with Gasteiger partial charge >= 0.3 is 0 Å². The second-order valence-corrected chi connectivity index (χ2v) is 7.04. The number of hydrogen-bond donors (Lipinski definition) is 2. The van der Waals surface area contributed by atoms with Gasteiger partial charge in [0.05, 0.1) is 22.2 Å². The molecule has 0 spiro atoms. The van der Waals surface area contributed by atoms with Crippen molar-refractivity contribution in [3.63, 3.8) is 0 Å². The number of thioether (sulfide) groups is 1. The fourth-order valence-electron chi connectivity index (χ4n) is 2.10. The largest absolute Gasteiger partial charge is 0.337 e. The number of amides is 1. The predicted octanol–water partition coefficient (Wildman–Crippen LogP) is 3.43. The minimum atomic E-state index is -0.397. The van der Waals surface area contributed by atoms with Crippen LogP contribution in [0.25, 0.3) is 11.3 Å². The Balaban J connectivity index is 1.68. The van der Waals surface area contributed by atoms with Crippen LogP contribution in [-0.2, 0) is 4.79 Å². The second kappa shape index (κ2) is 7.58. The van der Waals surface area contributed by atoms with E-state index in [1.807, 2.05) is 30.3 Å². The monoisotopic (exact) mass is 373 g/mol. The maximum absolute atomic E-state index is 12.3. The predicted molar refractivity (Wildman–Crippen MR) is 101 cm³/mol. The fraction of sp³-hybridized carbons (Fsp3) is 0.118. The number of carbonyl (C=O) groups is 1. The Hall–Kier alpha value is -2.51. The maximum atomic E-state index is 12.3. The third-order valence-electron chi connectivity index (χ3n) is 3.40. The number of nitrogen functional groups attached to an aromatic ring is 1. The zero-order valence-corrected chi connectivity index (χ0v) is 15.0. The Morgan fingerprint density at radius 2 is 2.04 bits per heavy atom. The molecule has 3 rings (SSSR count). The molecule has 3 N–H and O–H groups in total. The summed E-state index contributed by atoms with van der Waals surface area (Å²) >= 11 is 7.06. The van der Waals surface area contributed by atoms with Crippen LogP contribution in [0.3, 0.4) is 0 Å². The van der Waals surface area contributed by atoms with Gasteiger partial charge < -0.3 is 11.2 Å². The van der Waals surface area contributed by atoms with Crippen LogP contribution in [0.1, 0.15) is 6.92 Å². The lowest BCUT2D eigenvalue weighted by atomic mass is 10.2. The van der Waals surface area contributed by atoms with E-state index < -0.39 is 5.25 Å². The van der Waals surface area contributed by atoms with Crippen molar-refractivity contribution >= 4 is 35.1 Å². The molecular weight excluding hydrogens is 358 g/mol. The van der Waals surface area contributed by atoms with Crippen LogP contribution < -0.4 is 11.2 Å². The molecule has 3 aromatic rings. The van der Waals surface area contributed by atoms with Crippen LogP contribution in [0.4, 0.5) is 5.82 Å². The van der Waals surface area contributed by atoms with E-state index in [2.05, 4.69) is 15.3 Å². The number of nitrogens with two attached hydrogens (primary N) is 1. The number of imidazole rings is 1. The van der Waals surface area contributed by atoms with Gasteiger partial charge in [0.1, 0.15) is 5.82 Å². The van der Waals surface area contributed by atoms with E-state index in [4.69, 9.17) is 17.4 Å². The molecule has 0 bridgehead atoms. The lowest BCUT2D eigenvalue weighted by Gasteiger charge is -2.10. The Labute approximate surface area is 154 Å². The average Bonchev–Trinajstić information content (AvgIpc) is 2.98. The third kappa shape index (κ3) is 4.32. The molecule has 2 heterocycles. The number of nitrogens with one attached hydrogen (secondary N) is 1. The normalized spacial score (nSPS) is 11.9. The summed E-state index contributed by atoms with van der Waals surface area (Å²) in [7, 11) is 0. The Morgan fingerprint density at radius 1 is 1.28 bits per heavy atom. The summed E-state index contributed by atoms with van der Waals surface area (Å²) in [6.45, 7) is 1.78. The second-order valence-electron chi connectivity index (χ2n) is 5.29. The summed E-state index contributed by atoms with van der Waals surface area (Å²) in [6.07, 6.45) is 3.22. The summed E-state index contributed by atoms with van der Waals surface area (Å²) in [5.74, 6) is 6.23. The Morgan fingerprint density at radius 3 is 2.72 bits per heavy atom. The van der Waals surface area contributed by atoms with Crippen molar-refractivity contribution in [3.05, 3.63) is 59.9 Å². The first-order valence-electron chi connectivity index (χ1n) is 7.52. The van der Waals surface area contributed by atoms with Crippen LogP contribution in [0.15, 0.2) is 60.0 Å². The first-order chi connectivity index (χ1) is 12.0. The van der Waals surface area contributed by atoms with E-state index in [0.717, 1.165) is 11.3 Å². The first-order valence-corrected chi connectivity index (χ1v) is 8.77. The van der Waals surface area contributed by atoms with E-state index in [1.54, 1.807) is 25.3 Å². The van der Waals surface area contributed by atoms with E-state index >= 15 is 0 Å². The molecule has 6 nitrogen and oxygen atoms in total. The fourth-order valence-corrected chi connectivity index (χ4v) is 3.02. The van der Waals surface area contributed by atoms with E-state index in [1.165, 1.54) is 22.6 Å². The lowest BCUT2D eigenvalue weighted by molar-refractivity contribution is -0.115. The minimum Gasteiger partial charge on any atom is -0.337 e. The molecule has 0 saturated carbocycles. The molecule has 0 radical (unpaired) electrons. The number of anilines is 1. The van der Waals surface area contributed by atoms with Crippen molar-refractivity contribution < 1.29 is 4.79 Å². The highest BCUT2D eigenvalue weighted by Crippen LogP contribution is 2.26. The van der Waals surface area contributed by atoms with Gasteiger partial charge in [0.25, 0.3) is 0 Å². The number of benzene rings is 1. The summed E-state index contributed by atoms with van der Waals surface area (Å²) in [6, 6.07) is 13.0. The Kier molecular flexibility index (Phi) is 5.25. The number of nitrogens with zero attached hydrogens (tertiary/aromatic N) is 3. The molecule has 0 aliphatic rings. The molecule has 1 atom stereocenters. The zero-order valence-electron chi connectivity index (χ0n) is 13.4. The van der Waals surface area contributed by atoms with Crippen molar-refractivity contribution in [2.75, 3.05) is 11.2 Å². The van der Waals surface area contributed by atoms with E-state index in [9.17, 15) is 4.79 Å². The SMILES string of the molecule is C[C@@H](Sc1nc(-c2ccccc2)cn1N)C(=O)Nc1ccc(Cl)cn1. The van der Waals surface area contributed by atoms with Crippen LogP contribution in [0.5, 0.6) is 0 Å². The molecule has 0 aliphatic carbocycles. The van der Waals surface area contributed by atoms with Gasteiger partial charge in [0, 0.05) is 11.8 Å². The van der Waals surface area contributed by atoms with E-state index in [0.29, 0.717) is 16.0 Å². The van der Waals surface area contributed by atoms with Gasteiger partial charge in [-0.2, -0.15) is 0 Å². The number of carbonyl (C=O) groups excluding carboxylic acids is 1. The molecular formula is C17H16ClN5OS. The van der Waals surface area contributed by atoms with Gasteiger partial charge in [0.2, 0.25) is 5.91 Å². The van der Waals surface area contributed by atoms with Crippen LogP contribution in [0.2, 0.25) is 5.02 Å². The number of pyridine rings is 1. The smallest absolute Gasteiger partial charge is 0.238 e. The van der Waals surface area contributed by atoms with Crippen molar-refractivity contribution in [3.8, 4) is 11.3 Å². The summed E-state index contributed by atoms with van der Waals surface area (Å²) in [5.41, 5.74) is 1.73. The standard InChI is InChI=1S/C17H16ClN5OS/c1-11(16(24)22-15-8-7-13(18)9-20-15)25-17-21-14(10-23(17)19)12-5-3-2-4-6-12/h2-11H,19H2,1H3,(H,20,22,24)/t11-/m1/s1. The summed E-state index contributed by atoms with van der Waals surface area (Å²) in [5, 5.41) is 3.42. The van der Waals surface area contributed by atoms with Crippen molar-refractivity contribution in [2.24, 2.45) is 0 Å². The molecule has 2 aromatic heterocycles.